The van der Waals surface area contributed by atoms with Crippen molar-refractivity contribution in [2.45, 2.75) is 26.8 Å². The molecule has 1 N–H and O–H groups in total. The van der Waals surface area contributed by atoms with E-state index in [9.17, 15) is 0 Å². The molecule has 0 heterocycles. The molecule has 0 radical (unpaired) electrons. The first kappa shape index (κ1) is 11.7. The van der Waals surface area contributed by atoms with Crippen LogP contribution < -0.4 is 5.32 Å². The zero-order valence-corrected chi connectivity index (χ0v) is 10.5. The molecule has 0 bridgehead atoms. The minimum absolute atomic E-state index is 0.886. The standard InChI is InChI=1S/C16H19N/c1-3-15-13(2)8-7-11-16(15)17-12-14-9-5-4-6-10-14/h4-11,17H,3,12H2,1-2H3. The molecule has 0 spiro atoms. The molecule has 0 saturated carbocycles. The summed E-state index contributed by atoms with van der Waals surface area (Å²) in [4.78, 5) is 0. The molecule has 0 amide bonds. The largest absolute Gasteiger partial charge is 0.381 e. The van der Waals surface area contributed by atoms with Crippen LogP contribution in [-0.2, 0) is 13.0 Å². The van der Waals surface area contributed by atoms with Gasteiger partial charge in [-0.05, 0) is 36.1 Å². The summed E-state index contributed by atoms with van der Waals surface area (Å²) in [5.74, 6) is 0. The van der Waals surface area contributed by atoms with Crippen molar-refractivity contribution < 1.29 is 0 Å². The highest BCUT2D eigenvalue weighted by molar-refractivity contribution is 5.54. The van der Waals surface area contributed by atoms with Gasteiger partial charge >= 0.3 is 0 Å². The lowest BCUT2D eigenvalue weighted by Crippen LogP contribution is -2.03. The van der Waals surface area contributed by atoms with Gasteiger partial charge in [0.1, 0.15) is 0 Å². The fourth-order valence-corrected chi connectivity index (χ4v) is 2.13. The Labute approximate surface area is 103 Å². The Balaban J connectivity index is 2.12. The van der Waals surface area contributed by atoms with Crippen LogP contribution in [-0.4, -0.2) is 0 Å². The van der Waals surface area contributed by atoms with Crippen molar-refractivity contribution in [3.05, 3.63) is 65.2 Å². The summed E-state index contributed by atoms with van der Waals surface area (Å²) in [5.41, 5.74) is 5.36. The summed E-state index contributed by atoms with van der Waals surface area (Å²) >= 11 is 0. The van der Waals surface area contributed by atoms with Crippen molar-refractivity contribution in [3.63, 3.8) is 0 Å². The Hall–Kier alpha value is -1.76. The summed E-state index contributed by atoms with van der Waals surface area (Å²) in [6.07, 6.45) is 1.07. The predicted molar refractivity (Wildman–Crippen MR) is 74.3 cm³/mol. The van der Waals surface area contributed by atoms with Gasteiger partial charge in [-0.25, -0.2) is 0 Å². The predicted octanol–water partition coefficient (Wildman–Crippen LogP) is 4.17. The van der Waals surface area contributed by atoms with Crippen LogP contribution in [0.4, 0.5) is 5.69 Å². The molecule has 0 aliphatic heterocycles. The maximum atomic E-state index is 3.52. The van der Waals surface area contributed by atoms with Gasteiger partial charge in [0.05, 0.1) is 0 Å². The third-order valence-electron chi connectivity index (χ3n) is 3.09. The Bertz CT molecular complexity index is 474. The molecule has 0 aromatic heterocycles. The van der Waals surface area contributed by atoms with Crippen LogP contribution in [0.1, 0.15) is 23.6 Å². The topological polar surface area (TPSA) is 12.0 Å². The van der Waals surface area contributed by atoms with E-state index in [-0.39, 0.29) is 0 Å². The summed E-state index contributed by atoms with van der Waals surface area (Å²) in [7, 11) is 0. The minimum atomic E-state index is 0.886. The molecule has 0 fully saturated rings. The molecule has 0 aliphatic rings. The molecule has 1 nitrogen and oxygen atoms in total. The van der Waals surface area contributed by atoms with Crippen molar-refractivity contribution in [2.75, 3.05) is 5.32 Å². The molecule has 0 saturated heterocycles. The number of nitrogens with one attached hydrogen (secondary N) is 1. The lowest BCUT2D eigenvalue weighted by molar-refractivity contribution is 1.07. The van der Waals surface area contributed by atoms with Gasteiger partial charge in [-0.3, -0.25) is 0 Å². The zero-order valence-electron chi connectivity index (χ0n) is 10.5. The van der Waals surface area contributed by atoms with E-state index in [1.165, 1.54) is 22.4 Å². The number of hydrogen-bond acceptors (Lipinski definition) is 1. The van der Waals surface area contributed by atoms with E-state index in [2.05, 4.69) is 61.6 Å². The molecular formula is C16H19N. The first-order valence-electron chi connectivity index (χ1n) is 6.17. The first-order chi connectivity index (χ1) is 8.31. The molecule has 2 rings (SSSR count). The Morgan fingerprint density at radius 1 is 0.941 bits per heavy atom. The lowest BCUT2D eigenvalue weighted by atomic mass is 10.0. The van der Waals surface area contributed by atoms with Gasteiger partial charge in [0.15, 0.2) is 0 Å². The Morgan fingerprint density at radius 2 is 1.71 bits per heavy atom. The summed E-state index contributed by atoms with van der Waals surface area (Å²) in [6, 6.07) is 16.9. The quantitative estimate of drug-likeness (QED) is 0.823. The highest BCUT2D eigenvalue weighted by atomic mass is 14.9. The molecule has 88 valence electrons. The van der Waals surface area contributed by atoms with E-state index in [4.69, 9.17) is 0 Å². The van der Waals surface area contributed by atoms with E-state index >= 15 is 0 Å². The van der Waals surface area contributed by atoms with Crippen molar-refractivity contribution in [2.24, 2.45) is 0 Å². The molecule has 0 atom stereocenters. The molecule has 2 aromatic carbocycles. The second-order valence-corrected chi connectivity index (χ2v) is 4.29. The maximum Gasteiger partial charge on any atom is 0.0400 e. The van der Waals surface area contributed by atoms with Crippen molar-refractivity contribution in [1.82, 2.24) is 0 Å². The maximum absolute atomic E-state index is 3.52. The zero-order chi connectivity index (χ0) is 12.1. The molecule has 0 aliphatic carbocycles. The normalized spacial score (nSPS) is 10.2. The number of hydrogen-bond donors (Lipinski definition) is 1. The molecule has 2 aromatic rings. The van der Waals surface area contributed by atoms with Crippen LogP contribution in [0.2, 0.25) is 0 Å². The van der Waals surface area contributed by atoms with Gasteiger partial charge < -0.3 is 5.32 Å². The van der Waals surface area contributed by atoms with Crippen molar-refractivity contribution in [1.29, 1.82) is 0 Å². The van der Waals surface area contributed by atoms with E-state index < -0.39 is 0 Å². The summed E-state index contributed by atoms with van der Waals surface area (Å²) in [5, 5.41) is 3.52. The SMILES string of the molecule is CCc1c(C)cccc1NCc1ccccc1. The average molecular weight is 225 g/mol. The highest BCUT2D eigenvalue weighted by Crippen LogP contribution is 2.20. The van der Waals surface area contributed by atoms with Gasteiger partial charge in [0.2, 0.25) is 0 Å². The van der Waals surface area contributed by atoms with E-state index in [0.29, 0.717) is 0 Å². The number of anilines is 1. The second kappa shape index (κ2) is 5.53. The minimum Gasteiger partial charge on any atom is -0.381 e. The summed E-state index contributed by atoms with van der Waals surface area (Å²) < 4.78 is 0. The monoisotopic (exact) mass is 225 g/mol. The van der Waals surface area contributed by atoms with Crippen molar-refractivity contribution >= 4 is 5.69 Å². The van der Waals surface area contributed by atoms with Crippen LogP contribution in [0.3, 0.4) is 0 Å². The first-order valence-corrected chi connectivity index (χ1v) is 6.17. The van der Waals surface area contributed by atoms with E-state index in [1.54, 1.807) is 0 Å². The Kier molecular flexibility index (Phi) is 3.81. The van der Waals surface area contributed by atoms with Crippen LogP contribution >= 0.6 is 0 Å². The van der Waals surface area contributed by atoms with Gasteiger partial charge in [-0.2, -0.15) is 0 Å². The van der Waals surface area contributed by atoms with Crippen LogP contribution in [0, 0.1) is 6.92 Å². The van der Waals surface area contributed by atoms with E-state index in [0.717, 1.165) is 13.0 Å². The van der Waals surface area contributed by atoms with Gasteiger partial charge in [-0.15, -0.1) is 0 Å². The fraction of sp³-hybridized carbons (Fsp3) is 0.250. The van der Waals surface area contributed by atoms with Gasteiger partial charge in [0.25, 0.3) is 0 Å². The Morgan fingerprint density at radius 3 is 2.41 bits per heavy atom. The lowest BCUT2D eigenvalue weighted by Gasteiger charge is -2.13. The third kappa shape index (κ3) is 2.88. The van der Waals surface area contributed by atoms with Crippen LogP contribution in [0.5, 0.6) is 0 Å². The number of benzene rings is 2. The third-order valence-corrected chi connectivity index (χ3v) is 3.09. The van der Waals surface area contributed by atoms with Crippen LogP contribution in [0.15, 0.2) is 48.5 Å². The smallest absolute Gasteiger partial charge is 0.0400 e. The number of rotatable bonds is 4. The highest BCUT2D eigenvalue weighted by Gasteiger charge is 2.02. The molecule has 17 heavy (non-hydrogen) atoms. The summed E-state index contributed by atoms with van der Waals surface area (Å²) in [6.45, 7) is 5.26. The number of aryl methyl sites for hydroxylation is 1. The molecular weight excluding hydrogens is 206 g/mol. The van der Waals surface area contributed by atoms with Crippen LogP contribution in [0.25, 0.3) is 0 Å². The van der Waals surface area contributed by atoms with Crippen molar-refractivity contribution in [3.8, 4) is 0 Å². The molecule has 0 unspecified atom stereocenters. The fourth-order valence-electron chi connectivity index (χ4n) is 2.13. The van der Waals surface area contributed by atoms with E-state index in [1.807, 2.05) is 6.07 Å². The molecule has 1 heteroatoms. The van der Waals surface area contributed by atoms with Gasteiger partial charge in [-0.1, -0.05) is 49.4 Å². The van der Waals surface area contributed by atoms with Gasteiger partial charge in [0, 0.05) is 12.2 Å². The second-order valence-electron chi connectivity index (χ2n) is 4.29. The average Bonchev–Trinajstić information content (AvgIpc) is 2.37.